The number of rotatable bonds is 3. The fraction of sp³-hybridized carbons (Fsp3) is 0.250. The maximum atomic E-state index is 13.3. The Morgan fingerprint density at radius 1 is 1.00 bits per heavy atom. The third-order valence-corrected chi connectivity index (χ3v) is 3.50. The van der Waals surface area contributed by atoms with Crippen molar-refractivity contribution in [1.29, 1.82) is 0 Å². The predicted octanol–water partition coefficient (Wildman–Crippen LogP) is 3.80. The largest absolute Gasteiger partial charge is 0.323 e. The van der Waals surface area contributed by atoms with E-state index in [1.807, 2.05) is 24.3 Å². The monoisotopic (exact) mass is 243 g/mol. The van der Waals surface area contributed by atoms with E-state index >= 15 is 0 Å². The predicted molar refractivity (Wildman–Crippen MR) is 72.8 cm³/mol. The normalized spacial score (nSPS) is 13.3. The highest BCUT2D eigenvalue weighted by molar-refractivity contribution is 5.31. The first-order valence-corrected chi connectivity index (χ1v) is 6.08. The van der Waals surface area contributed by atoms with Crippen LogP contribution in [0.15, 0.2) is 54.6 Å². The molecule has 2 aromatic rings. The standard InChI is InChI=1S/C16H18FN/c1-16(2,13-8-4-3-5-9-13)15(18)12-7-6-10-14(17)11-12/h3-11,15H,18H2,1-2H3. The summed E-state index contributed by atoms with van der Waals surface area (Å²) in [6, 6.07) is 16.4. The summed E-state index contributed by atoms with van der Waals surface area (Å²) >= 11 is 0. The first-order valence-electron chi connectivity index (χ1n) is 6.08. The fourth-order valence-electron chi connectivity index (χ4n) is 2.16. The molecule has 94 valence electrons. The second-order valence-corrected chi connectivity index (χ2v) is 5.12. The van der Waals surface area contributed by atoms with Crippen molar-refractivity contribution in [3.8, 4) is 0 Å². The minimum absolute atomic E-state index is 0.240. The molecule has 0 saturated carbocycles. The molecule has 1 atom stereocenters. The average molecular weight is 243 g/mol. The average Bonchev–Trinajstić information content (AvgIpc) is 2.39. The summed E-state index contributed by atoms with van der Waals surface area (Å²) in [7, 11) is 0. The summed E-state index contributed by atoms with van der Waals surface area (Å²) in [5.41, 5.74) is 8.04. The topological polar surface area (TPSA) is 26.0 Å². The van der Waals surface area contributed by atoms with Crippen LogP contribution in [0.2, 0.25) is 0 Å². The second-order valence-electron chi connectivity index (χ2n) is 5.12. The van der Waals surface area contributed by atoms with Gasteiger partial charge in [0.15, 0.2) is 0 Å². The highest BCUT2D eigenvalue weighted by atomic mass is 19.1. The van der Waals surface area contributed by atoms with Crippen molar-refractivity contribution >= 4 is 0 Å². The molecule has 0 aliphatic carbocycles. The minimum atomic E-state index is -0.244. The van der Waals surface area contributed by atoms with E-state index in [0.29, 0.717) is 0 Å². The van der Waals surface area contributed by atoms with Gasteiger partial charge in [-0.3, -0.25) is 0 Å². The van der Waals surface area contributed by atoms with Gasteiger partial charge in [-0.25, -0.2) is 4.39 Å². The van der Waals surface area contributed by atoms with Crippen LogP contribution in [-0.4, -0.2) is 0 Å². The molecule has 0 radical (unpaired) electrons. The Hall–Kier alpha value is -1.67. The quantitative estimate of drug-likeness (QED) is 0.871. The fourth-order valence-corrected chi connectivity index (χ4v) is 2.16. The summed E-state index contributed by atoms with van der Waals surface area (Å²) < 4.78 is 13.3. The van der Waals surface area contributed by atoms with E-state index in [1.54, 1.807) is 6.07 Å². The zero-order chi connectivity index (χ0) is 13.2. The van der Waals surface area contributed by atoms with Gasteiger partial charge in [0.25, 0.3) is 0 Å². The molecule has 0 aliphatic rings. The Balaban J connectivity index is 2.36. The SMILES string of the molecule is CC(C)(c1ccccc1)C(N)c1cccc(F)c1. The number of benzene rings is 2. The van der Waals surface area contributed by atoms with Gasteiger partial charge in [0.1, 0.15) is 5.82 Å². The molecule has 0 aromatic heterocycles. The lowest BCUT2D eigenvalue weighted by molar-refractivity contribution is 0.419. The Bertz CT molecular complexity index is 520. The minimum Gasteiger partial charge on any atom is -0.323 e. The van der Waals surface area contributed by atoms with Gasteiger partial charge in [0.2, 0.25) is 0 Å². The molecule has 2 rings (SSSR count). The van der Waals surface area contributed by atoms with Crippen LogP contribution in [0.1, 0.15) is 31.0 Å². The lowest BCUT2D eigenvalue weighted by Crippen LogP contribution is -2.33. The summed E-state index contributed by atoms with van der Waals surface area (Å²) in [5.74, 6) is -0.244. The first-order chi connectivity index (χ1) is 8.51. The van der Waals surface area contributed by atoms with E-state index < -0.39 is 0 Å². The molecule has 2 aromatic carbocycles. The number of hydrogen-bond donors (Lipinski definition) is 1. The van der Waals surface area contributed by atoms with Crippen molar-refractivity contribution < 1.29 is 4.39 Å². The molecule has 0 aliphatic heterocycles. The van der Waals surface area contributed by atoms with Crippen LogP contribution >= 0.6 is 0 Å². The third-order valence-electron chi connectivity index (χ3n) is 3.50. The summed E-state index contributed by atoms with van der Waals surface area (Å²) in [6.45, 7) is 4.16. The molecule has 1 nitrogen and oxygen atoms in total. The van der Waals surface area contributed by atoms with Crippen molar-refractivity contribution in [3.63, 3.8) is 0 Å². The smallest absolute Gasteiger partial charge is 0.123 e. The van der Waals surface area contributed by atoms with Gasteiger partial charge < -0.3 is 5.73 Å². The van der Waals surface area contributed by atoms with Crippen LogP contribution in [0.4, 0.5) is 4.39 Å². The van der Waals surface area contributed by atoms with E-state index in [4.69, 9.17) is 5.73 Å². The van der Waals surface area contributed by atoms with Gasteiger partial charge in [-0.1, -0.05) is 56.3 Å². The van der Waals surface area contributed by atoms with Gasteiger partial charge in [-0.05, 0) is 23.3 Å². The Kier molecular flexibility index (Phi) is 3.48. The van der Waals surface area contributed by atoms with Crippen LogP contribution < -0.4 is 5.73 Å². The molecule has 0 spiro atoms. The molecule has 2 heteroatoms. The molecule has 0 heterocycles. The molecular formula is C16H18FN. The molecule has 1 unspecified atom stereocenters. The molecule has 2 N–H and O–H groups in total. The number of halogens is 1. The van der Waals surface area contributed by atoms with E-state index in [1.165, 1.54) is 12.1 Å². The molecule has 18 heavy (non-hydrogen) atoms. The molecular weight excluding hydrogens is 225 g/mol. The van der Waals surface area contributed by atoms with E-state index in [-0.39, 0.29) is 17.3 Å². The number of hydrogen-bond acceptors (Lipinski definition) is 1. The van der Waals surface area contributed by atoms with Crippen LogP contribution in [-0.2, 0) is 5.41 Å². The van der Waals surface area contributed by atoms with Crippen molar-refractivity contribution in [1.82, 2.24) is 0 Å². The van der Waals surface area contributed by atoms with Gasteiger partial charge >= 0.3 is 0 Å². The number of nitrogens with two attached hydrogens (primary N) is 1. The van der Waals surface area contributed by atoms with Crippen LogP contribution in [0.5, 0.6) is 0 Å². The molecule has 0 fully saturated rings. The summed E-state index contributed by atoms with van der Waals surface area (Å²) in [5, 5.41) is 0. The van der Waals surface area contributed by atoms with E-state index in [9.17, 15) is 4.39 Å². The van der Waals surface area contributed by atoms with Crippen LogP contribution in [0.3, 0.4) is 0 Å². The van der Waals surface area contributed by atoms with Crippen molar-refractivity contribution in [2.24, 2.45) is 5.73 Å². The Morgan fingerprint density at radius 2 is 1.67 bits per heavy atom. The highest BCUT2D eigenvalue weighted by Gasteiger charge is 2.29. The lowest BCUT2D eigenvalue weighted by atomic mass is 9.75. The molecule has 0 saturated heterocycles. The Morgan fingerprint density at radius 3 is 2.28 bits per heavy atom. The first kappa shape index (κ1) is 12.8. The molecule has 0 amide bonds. The van der Waals surface area contributed by atoms with E-state index in [0.717, 1.165) is 11.1 Å². The maximum Gasteiger partial charge on any atom is 0.123 e. The summed E-state index contributed by atoms with van der Waals surface area (Å²) in [4.78, 5) is 0. The van der Waals surface area contributed by atoms with Gasteiger partial charge in [0, 0.05) is 11.5 Å². The third kappa shape index (κ3) is 2.44. The second kappa shape index (κ2) is 4.91. The van der Waals surface area contributed by atoms with Crippen molar-refractivity contribution in [2.45, 2.75) is 25.3 Å². The lowest BCUT2D eigenvalue weighted by Gasteiger charge is -2.32. The van der Waals surface area contributed by atoms with Crippen molar-refractivity contribution in [3.05, 3.63) is 71.5 Å². The zero-order valence-electron chi connectivity index (χ0n) is 10.7. The molecule has 0 bridgehead atoms. The van der Waals surface area contributed by atoms with Gasteiger partial charge in [-0.2, -0.15) is 0 Å². The van der Waals surface area contributed by atoms with E-state index in [2.05, 4.69) is 26.0 Å². The van der Waals surface area contributed by atoms with Crippen LogP contribution in [0.25, 0.3) is 0 Å². The highest BCUT2D eigenvalue weighted by Crippen LogP contribution is 2.35. The van der Waals surface area contributed by atoms with Gasteiger partial charge in [-0.15, -0.1) is 0 Å². The van der Waals surface area contributed by atoms with Crippen LogP contribution in [0, 0.1) is 5.82 Å². The Labute approximate surface area is 107 Å². The summed E-state index contributed by atoms with van der Waals surface area (Å²) in [6.07, 6.45) is 0. The zero-order valence-corrected chi connectivity index (χ0v) is 10.7. The maximum absolute atomic E-state index is 13.3. The van der Waals surface area contributed by atoms with Crippen molar-refractivity contribution in [2.75, 3.05) is 0 Å². The van der Waals surface area contributed by atoms with Gasteiger partial charge in [0.05, 0.1) is 0 Å².